The first-order valence-corrected chi connectivity index (χ1v) is 9.66. The van der Waals surface area contributed by atoms with Crippen LogP contribution in [0.1, 0.15) is 44.0 Å². The third-order valence-corrected chi connectivity index (χ3v) is 5.19. The second kappa shape index (κ2) is 9.74. The molecule has 7 heteroatoms. The topological polar surface area (TPSA) is 75.7 Å². The highest BCUT2D eigenvalue weighted by molar-refractivity contribution is 6.30. The highest BCUT2D eigenvalue weighted by Crippen LogP contribution is 2.21. The Kier molecular flexibility index (Phi) is 7.66. The van der Waals surface area contributed by atoms with Crippen molar-refractivity contribution >= 4 is 29.4 Å². The van der Waals surface area contributed by atoms with Crippen LogP contribution in [-0.4, -0.2) is 48.4 Å². The second-order valence-corrected chi connectivity index (χ2v) is 7.72. The lowest BCUT2D eigenvalue weighted by Crippen LogP contribution is -2.42. The molecule has 1 atom stereocenters. The summed E-state index contributed by atoms with van der Waals surface area (Å²) in [6.45, 7) is 6.64. The van der Waals surface area contributed by atoms with Gasteiger partial charge < -0.3 is 15.0 Å². The molecule has 148 valence electrons. The van der Waals surface area contributed by atoms with Gasteiger partial charge in [0.1, 0.15) is 0 Å². The van der Waals surface area contributed by atoms with Crippen LogP contribution >= 0.6 is 11.6 Å². The molecule has 1 aromatic rings. The zero-order valence-corrected chi connectivity index (χ0v) is 16.8. The van der Waals surface area contributed by atoms with Crippen LogP contribution in [0.4, 0.5) is 0 Å². The first-order chi connectivity index (χ1) is 12.8. The number of ether oxygens (including phenoxy) is 1. The van der Waals surface area contributed by atoms with E-state index in [4.69, 9.17) is 16.3 Å². The number of hydrogen-bond donors (Lipinski definition) is 1. The molecular formula is C20H27ClN2O4. The number of nitrogens with zero attached hydrogens (tertiary/aromatic N) is 1. The molecule has 1 aromatic carbocycles. The number of benzene rings is 1. The minimum absolute atomic E-state index is 0.0262. The number of carbonyl (C=O) groups is 3. The van der Waals surface area contributed by atoms with Crippen molar-refractivity contribution in [3.8, 4) is 0 Å². The van der Waals surface area contributed by atoms with Crippen molar-refractivity contribution in [2.75, 3.05) is 19.7 Å². The van der Waals surface area contributed by atoms with Crippen molar-refractivity contribution in [3.63, 3.8) is 0 Å². The molecule has 1 N–H and O–H groups in total. The summed E-state index contributed by atoms with van der Waals surface area (Å²) in [7, 11) is 0. The summed E-state index contributed by atoms with van der Waals surface area (Å²) in [6.07, 6.45) is 1.06. The maximum Gasteiger partial charge on any atom is 0.309 e. The van der Waals surface area contributed by atoms with E-state index in [1.807, 2.05) is 20.8 Å². The van der Waals surface area contributed by atoms with Crippen LogP contribution < -0.4 is 5.32 Å². The van der Waals surface area contributed by atoms with Crippen LogP contribution in [0.25, 0.3) is 0 Å². The van der Waals surface area contributed by atoms with Crippen molar-refractivity contribution in [2.45, 2.75) is 39.7 Å². The van der Waals surface area contributed by atoms with Gasteiger partial charge in [-0.3, -0.25) is 14.4 Å². The van der Waals surface area contributed by atoms with Gasteiger partial charge >= 0.3 is 5.97 Å². The number of carbonyl (C=O) groups excluding carboxylic acids is 3. The molecule has 0 bridgehead atoms. The average Bonchev–Trinajstić information content (AvgIpc) is 2.66. The summed E-state index contributed by atoms with van der Waals surface area (Å²) in [6, 6.07) is 6.79. The monoisotopic (exact) mass is 394 g/mol. The Morgan fingerprint density at radius 1 is 1.15 bits per heavy atom. The van der Waals surface area contributed by atoms with E-state index in [0.29, 0.717) is 42.4 Å². The molecule has 0 saturated carbocycles. The molecule has 27 heavy (non-hydrogen) atoms. The van der Waals surface area contributed by atoms with E-state index in [1.165, 1.54) is 0 Å². The van der Waals surface area contributed by atoms with Gasteiger partial charge in [-0.2, -0.15) is 0 Å². The largest absolute Gasteiger partial charge is 0.455 e. The number of halogens is 1. The number of piperidine rings is 1. The fourth-order valence-electron chi connectivity index (χ4n) is 2.81. The van der Waals surface area contributed by atoms with Gasteiger partial charge in [-0.05, 0) is 49.9 Å². The van der Waals surface area contributed by atoms with Gasteiger partial charge in [0.15, 0.2) is 6.61 Å². The van der Waals surface area contributed by atoms with Gasteiger partial charge in [-0.1, -0.05) is 25.4 Å². The Hall–Kier alpha value is -2.08. The van der Waals surface area contributed by atoms with Gasteiger partial charge in [0.05, 0.1) is 5.92 Å². The van der Waals surface area contributed by atoms with Crippen LogP contribution in [0.15, 0.2) is 24.3 Å². The molecule has 2 rings (SSSR count). The van der Waals surface area contributed by atoms with Gasteiger partial charge in [-0.25, -0.2) is 0 Å². The van der Waals surface area contributed by atoms with Crippen LogP contribution in [-0.2, 0) is 14.3 Å². The summed E-state index contributed by atoms with van der Waals surface area (Å²) in [5, 5.41) is 3.39. The Morgan fingerprint density at radius 3 is 2.30 bits per heavy atom. The minimum atomic E-state index is -0.374. The molecule has 1 aliphatic rings. The minimum Gasteiger partial charge on any atom is -0.455 e. The number of likely N-dealkylation sites (tertiary alicyclic amines) is 1. The maximum atomic E-state index is 12.5. The molecule has 1 aliphatic heterocycles. The van der Waals surface area contributed by atoms with Crippen molar-refractivity contribution in [3.05, 3.63) is 34.9 Å². The quantitative estimate of drug-likeness (QED) is 0.753. The lowest BCUT2D eigenvalue weighted by molar-refractivity contribution is -0.154. The summed E-state index contributed by atoms with van der Waals surface area (Å²) < 4.78 is 5.15. The fraction of sp³-hybridized carbons (Fsp3) is 0.550. The van der Waals surface area contributed by atoms with Crippen LogP contribution in [0.2, 0.25) is 5.02 Å². The molecule has 0 aromatic heterocycles. The number of amides is 2. The number of hydrogen-bond acceptors (Lipinski definition) is 4. The summed E-state index contributed by atoms with van der Waals surface area (Å²) in [5.74, 6) is -0.705. The SMILES string of the molecule is CC(C)[C@@H](C)NC(=O)COC(=O)C1CCN(C(=O)c2ccc(Cl)cc2)CC1. The molecule has 0 spiro atoms. The zero-order valence-electron chi connectivity index (χ0n) is 16.0. The van der Waals surface area contributed by atoms with Crippen molar-refractivity contribution in [1.82, 2.24) is 10.2 Å². The molecular weight excluding hydrogens is 368 g/mol. The van der Waals surface area contributed by atoms with Gasteiger partial charge in [0.2, 0.25) is 0 Å². The normalized spacial score (nSPS) is 16.1. The Balaban J connectivity index is 1.76. The smallest absolute Gasteiger partial charge is 0.309 e. The third kappa shape index (κ3) is 6.24. The molecule has 2 amide bonds. The predicted octanol–water partition coefficient (Wildman–Crippen LogP) is 2.90. The van der Waals surface area contributed by atoms with E-state index < -0.39 is 0 Å². The summed E-state index contributed by atoms with van der Waals surface area (Å²) in [5.41, 5.74) is 0.580. The molecule has 1 heterocycles. The highest BCUT2D eigenvalue weighted by atomic mass is 35.5. The number of rotatable bonds is 6. The standard InChI is InChI=1S/C20H27ClN2O4/c1-13(2)14(3)22-18(24)12-27-20(26)16-8-10-23(11-9-16)19(25)15-4-6-17(21)7-5-15/h4-7,13-14,16H,8-12H2,1-3H3,(H,22,24)/t14-/m1/s1. The van der Waals surface area contributed by atoms with Gasteiger partial charge in [0.25, 0.3) is 11.8 Å². The van der Waals surface area contributed by atoms with E-state index in [-0.39, 0.29) is 36.4 Å². The Morgan fingerprint density at radius 2 is 1.74 bits per heavy atom. The third-order valence-electron chi connectivity index (χ3n) is 4.94. The summed E-state index contributed by atoms with van der Waals surface area (Å²) in [4.78, 5) is 38.2. The molecule has 0 unspecified atom stereocenters. The molecule has 6 nitrogen and oxygen atoms in total. The van der Waals surface area contributed by atoms with Crippen molar-refractivity contribution in [1.29, 1.82) is 0 Å². The van der Waals surface area contributed by atoms with Gasteiger partial charge in [0, 0.05) is 29.7 Å². The van der Waals surface area contributed by atoms with Crippen LogP contribution in [0.5, 0.6) is 0 Å². The van der Waals surface area contributed by atoms with Crippen LogP contribution in [0, 0.1) is 11.8 Å². The Bertz CT molecular complexity index is 667. The molecule has 0 radical (unpaired) electrons. The van der Waals surface area contributed by atoms with E-state index in [2.05, 4.69) is 5.32 Å². The average molecular weight is 395 g/mol. The van der Waals surface area contributed by atoms with Crippen LogP contribution in [0.3, 0.4) is 0 Å². The summed E-state index contributed by atoms with van der Waals surface area (Å²) >= 11 is 5.85. The molecule has 1 saturated heterocycles. The van der Waals surface area contributed by atoms with E-state index in [1.54, 1.807) is 29.2 Å². The molecule has 0 aliphatic carbocycles. The first kappa shape index (κ1) is 21.2. The zero-order chi connectivity index (χ0) is 20.0. The lowest BCUT2D eigenvalue weighted by Gasteiger charge is -2.31. The highest BCUT2D eigenvalue weighted by Gasteiger charge is 2.29. The Labute approximate surface area is 165 Å². The molecule has 1 fully saturated rings. The predicted molar refractivity (Wildman–Crippen MR) is 103 cm³/mol. The lowest BCUT2D eigenvalue weighted by atomic mass is 9.96. The maximum absolute atomic E-state index is 12.5. The van der Waals surface area contributed by atoms with E-state index >= 15 is 0 Å². The van der Waals surface area contributed by atoms with E-state index in [0.717, 1.165) is 0 Å². The van der Waals surface area contributed by atoms with Crippen molar-refractivity contribution < 1.29 is 19.1 Å². The second-order valence-electron chi connectivity index (χ2n) is 7.28. The first-order valence-electron chi connectivity index (χ1n) is 9.28. The fourth-order valence-corrected chi connectivity index (χ4v) is 2.94. The van der Waals surface area contributed by atoms with Crippen molar-refractivity contribution in [2.24, 2.45) is 11.8 Å². The number of esters is 1. The van der Waals surface area contributed by atoms with E-state index in [9.17, 15) is 14.4 Å². The van der Waals surface area contributed by atoms with Gasteiger partial charge in [-0.15, -0.1) is 0 Å². The number of nitrogens with one attached hydrogen (secondary N) is 1.